The minimum Gasteiger partial charge on any atom is -0.491 e. The predicted octanol–water partition coefficient (Wildman–Crippen LogP) is 7.52. The molecule has 0 bridgehead atoms. The summed E-state index contributed by atoms with van der Waals surface area (Å²) in [6.07, 6.45) is 10.7. The zero-order chi connectivity index (χ0) is 20.8. The summed E-state index contributed by atoms with van der Waals surface area (Å²) in [5.41, 5.74) is 1.53. The van der Waals surface area contributed by atoms with E-state index >= 15 is 0 Å². The van der Waals surface area contributed by atoms with Crippen molar-refractivity contribution in [2.45, 2.75) is 45.4 Å². The van der Waals surface area contributed by atoms with Crippen LogP contribution in [0.5, 0.6) is 5.75 Å². The normalized spacial score (nSPS) is 19.9. The lowest BCUT2D eigenvalue weighted by molar-refractivity contribution is 0.320. The van der Waals surface area contributed by atoms with Crippen LogP contribution in [0.15, 0.2) is 42.5 Å². The first-order valence-corrected chi connectivity index (χ1v) is 10.2. The Morgan fingerprint density at radius 3 is 2.17 bits per heavy atom. The monoisotopic (exact) mass is 400 g/mol. The van der Waals surface area contributed by atoms with E-state index in [1.54, 1.807) is 49.4 Å². The summed E-state index contributed by atoms with van der Waals surface area (Å²) in [5.74, 6) is -1.01. The topological polar surface area (TPSA) is 9.23 Å². The fourth-order valence-corrected chi connectivity index (χ4v) is 3.94. The number of rotatable bonds is 6. The van der Waals surface area contributed by atoms with E-state index in [0.717, 1.165) is 31.2 Å². The lowest BCUT2D eigenvalue weighted by atomic mass is 9.78. The van der Waals surface area contributed by atoms with Crippen molar-refractivity contribution in [1.29, 1.82) is 0 Å². The van der Waals surface area contributed by atoms with Gasteiger partial charge in [0.25, 0.3) is 0 Å². The molecular formula is C25H27F3O. The lowest BCUT2D eigenvalue weighted by Gasteiger charge is -2.27. The van der Waals surface area contributed by atoms with Crippen LogP contribution >= 0.6 is 0 Å². The summed E-state index contributed by atoms with van der Waals surface area (Å²) in [7, 11) is 0. The van der Waals surface area contributed by atoms with Gasteiger partial charge in [-0.25, -0.2) is 13.2 Å². The lowest BCUT2D eigenvalue weighted by Crippen LogP contribution is -2.12. The number of ether oxygens (including phenoxy) is 1. The Hall–Kier alpha value is -2.49. The van der Waals surface area contributed by atoms with Crippen molar-refractivity contribution in [3.8, 4) is 5.75 Å². The van der Waals surface area contributed by atoms with Gasteiger partial charge in [0.2, 0.25) is 0 Å². The van der Waals surface area contributed by atoms with Crippen LogP contribution in [0.2, 0.25) is 0 Å². The third-order valence-corrected chi connectivity index (χ3v) is 5.54. The minimum absolute atomic E-state index is 0.255. The summed E-state index contributed by atoms with van der Waals surface area (Å²) in [6, 6.07) is 8.43. The van der Waals surface area contributed by atoms with Gasteiger partial charge in [0.1, 0.15) is 0 Å². The Labute approximate surface area is 170 Å². The molecule has 2 aromatic rings. The summed E-state index contributed by atoms with van der Waals surface area (Å²) >= 11 is 0. The van der Waals surface area contributed by atoms with E-state index in [2.05, 4.69) is 0 Å². The van der Waals surface area contributed by atoms with Crippen LogP contribution in [0.4, 0.5) is 13.2 Å². The molecule has 0 atom stereocenters. The second kappa shape index (κ2) is 9.82. The molecule has 0 unspecified atom stereocenters. The maximum Gasteiger partial charge on any atom is 0.166 e. The predicted molar refractivity (Wildman–Crippen MR) is 112 cm³/mol. The molecule has 0 heterocycles. The third-order valence-electron chi connectivity index (χ3n) is 5.54. The molecule has 0 N–H and O–H groups in total. The van der Waals surface area contributed by atoms with E-state index < -0.39 is 11.6 Å². The van der Waals surface area contributed by atoms with E-state index in [9.17, 15) is 13.2 Å². The summed E-state index contributed by atoms with van der Waals surface area (Å²) < 4.78 is 47.7. The van der Waals surface area contributed by atoms with Crippen LogP contribution in [-0.4, -0.2) is 6.61 Å². The number of allylic oxidation sites excluding steroid dienone is 2. The quantitative estimate of drug-likeness (QED) is 0.487. The van der Waals surface area contributed by atoms with Crippen LogP contribution in [0.25, 0.3) is 12.2 Å². The average molecular weight is 400 g/mol. The van der Waals surface area contributed by atoms with Crippen LogP contribution in [0.3, 0.4) is 0 Å². The molecule has 2 aromatic carbocycles. The number of benzene rings is 2. The second-order valence-corrected chi connectivity index (χ2v) is 7.47. The molecule has 4 heteroatoms. The molecule has 1 saturated carbocycles. The molecule has 0 amide bonds. The van der Waals surface area contributed by atoms with Gasteiger partial charge in [-0.1, -0.05) is 42.5 Å². The van der Waals surface area contributed by atoms with Crippen LogP contribution < -0.4 is 4.74 Å². The molecular weight excluding hydrogens is 373 g/mol. The minimum atomic E-state index is -0.813. The molecule has 0 saturated heterocycles. The highest BCUT2D eigenvalue weighted by molar-refractivity contribution is 5.57. The first-order valence-electron chi connectivity index (χ1n) is 10.2. The van der Waals surface area contributed by atoms with Crippen molar-refractivity contribution in [2.75, 3.05) is 6.61 Å². The standard InChI is InChI=1S/C25H27F3O/c1-3-5-19-12-13-20(25(28)24(19)27)11-8-17-6-9-18(10-7-17)21-14-15-23(29-4-2)22(26)16-21/h3,5,8,11-18H,4,6-7,9-10H2,1-2H3/b5-3+,11-8+. The van der Waals surface area contributed by atoms with E-state index in [4.69, 9.17) is 4.74 Å². The van der Waals surface area contributed by atoms with E-state index in [1.165, 1.54) is 0 Å². The average Bonchev–Trinajstić information content (AvgIpc) is 2.73. The summed E-state index contributed by atoms with van der Waals surface area (Å²) in [4.78, 5) is 0. The number of hydrogen-bond donors (Lipinski definition) is 0. The van der Waals surface area contributed by atoms with Gasteiger partial charge in [-0.2, -0.15) is 0 Å². The molecule has 1 aliphatic rings. The van der Waals surface area contributed by atoms with Crippen molar-refractivity contribution in [1.82, 2.24) is 0 Å². The first-order chi connectivity index (χ1) is 14.0. The largest absolute Gasteiger partial charge is 0.491 e. The van der Waals surface area contributed by atoms with Gasteiger partial charge in [0, 0.05) is 11.1 Å². The number of halogens is 3. The van der Waals surface area contributed by atoms with Crippen molar-refractivity contribution in [2.24, 2.45) is 5.92 Å². The summed E-state index contributed by atoms with van der Waals surface area (Å²) in [6.45, 7) is 4.04. The van der Waals surface area contributed by atoms with Crippen molar-refractivity contribution in [3.05, 3.63) is 76.6 Å². The molecule has 0 radical (unpaired) electrons. The number of hydrogen-bond acceptors (Lipinski definition) is 1. The molecule has 1 aliphatic carbocycles. The SMILES string of the molecule is C/C=C/c1ccc(/C=C/C2CCC(c3ccc(OCC)c(F)c3)CC2)c(F)c1F. The molecule has 154 valence electrons. The van der Waals surface area contributed by atoms with E-state index in [0.29, 0.717) is 24.2 Å². The third kappa shape index (κ3) is 5.11. The molecule has 29 heavy (non-hydrogen) atoms. The van der Waals surface area contributed by atoms with Crippen LogP contribution in [0.1, 0.15) is 62.1 Å². The smallest absolute Gasteiger partial charge is 0.166 e. The van der Waals surface area contributed by atoms with E-state index in [-0.39, 0.29) is 16.9 Å². The van der Waals surface area contributed by atoms with Gasteiger partial charge in [0.15, 0.2) is 23.2 Å². The van der Waals surface area contributed by atoms with Gasteiger partial charge in [-0.05, 0) is 69.1 Å². The fraction of sp³-hybridized carbons (Fsp3) is 0.360. The highest BCUT2D eigenvalue weighted by Crippen LogP contribution is 2.37. The molecule has 0 aliphatic heterocycles. The molecule has 1 nitrogen and oxygen atoms in total. The maximum absolute atomic E-state index is 14.2. The highest BCUT2D eigenvalue weighted by Gasteiger charge is 2.22. The van der Waals surface area contributed by atoms with Gasteiger partial charge >= 0.3 is 0 Å². The van der Waals surface area contributed by atoms with Crippen molar-refractivity contribution >= 4 is 12.2 Å². The molecule has 0 spiro atoms. The molecule has 0 aromatic heterocycles. The van der Waals surface area contributed by atoms with Gasteiger partial charge < -0.3 is 4.74 Å². The van der Waals surface area contributed by atoms with Gasteiger partial charge in [0.05, 0.1) is 6.61 Å². The summed E-state index contributed by atoms with van der Waals surface area (Å²) in [5, 5.41) is 0. The Kier molecular flexibility index (Phi) is 7.18. The molecule has 3 rings (SSSR count). The maximum atomic E-state index is 14.2. The first kappa shape index (κ1) is 21.2. The van der Waals surface area contributed by atoms with Crippen molar-refractivity contribution < 1.29 is 17.9 Å². The Balaban J connectivity index is 1.61. The highest BCUT2D eigenvalue weighted by atomic mass is 19.2. The second-order valence-electron chi connectivity index (χ2n) is 7.47. The zero-order valence-corrected chi connectivity index (χ0v) is 16.9. The van der Waals surface area contributed by atoms with E-state index in [1.807, 2.05) is 19.1 Å². The van der Waals surface area contributed by atoms with Crippen molar-refractivity contribution in [3.63, 3.8) is 0 Å². The van der Waals surface area contributed by atoms with Gasteiger partial charge in [-0.15, -0.1) is 0 Å². The van der Waals surface area contributed by atoms with Gasteiger partial charge in [-0.3, -0.25) is 0 Å². The Bertz CT molecular complexity index is 893. The zero-order valence-electron chi connectivity index (χ0n) is 16.9. The van der Waals surface area contributed by atoms with Crippen LogP contribution in [-0.2, 0) is 0 Å². The van der Waals surface area contributed by atoms with Crippen LogP contribution in [0, 0.1) is 23.4 Å². The Morgan fingerprint density at radius 1 is 0.931 bits per heavy atom. The fourth-order valence-electron chi connectivity index (χ4n) is 3.94. The Morgan fingerprint density at radius 2 is 1.59 bits per heavy atom. The molecule has 1 fully saturated rings.